The van der Waals surface area contributed by atoms with Crippen molar-refractivity contribution in [2.75, 3.05) is 19.0 Å². The van der Waals surface area contributed by atoms with Crippen LogP contribution in [0.4, 0.5) is 18.9 Å². The Balaban J connectivity index is 2.71. The van der Waals surface area contributed by atoms with Crippen molar-refractivity contribution < 1.29 is 13.2 Å². The van der Waals surface area contributed by atoms with Gasteiger partial charge < -0.3 is 5.43 Å². The van der Waals surface area contributed by atoms with E-state index in [9.17, 15) is 13.2 Å². The monoisotopic (exact) mass is 275 g/mol. The first-order chi connectivity index (χ1) is 8.84. The lowest BCUT2D eigenvalue weighted by atomic mass is 10.1. The minimum Gasteiger partial charge on any atom is -0.306 e. The van der Waals surface area contributed by atoms with E-state index in [1.54, 1.807) is 19.1 Å². The van der Waals surface area contributed by atoms with Crippen molar-refractivity contribution in [1.82, 2.24) is 10.5 Å². The van der Waals surface area contributed by atoms with Crippen LogP contribution in [-0.2, 0) is 6.18 Å². The van der Waals surface area contributed by atoms with Crippen LogP contribution >= 0.6 is 0 Å². The number of unbranched alkanes of at least 4 members (excludes halogenated alkanes) is 1. The van der Waals surface area contributed by atoms with E-state index in [0.29, 0.717) is 5.69 Å². The second kappa shape index (κ2) is 6.77. The third-order valence-corrected chi connectivity index (χ3v) is 2.73. The molecule has 108 valence electrons. The molecule has 0 fully saturated rings. The van der Waals surface area contributed by atoms with Crippen molar-refractivity contribution in [1.29, 1.82) is 0 Å². The first-order valence-electron chi connectivity index (χ1n) is 6.26. The van der Waals surface area contributed by atoms with Crippen LogP contribution in [0.1, 0.15) is 30.9 Å². The zero-order valence-corrected chi connectivity index (χ0v) is 11.4. The third kappa shape index (κ3) is 5.08. The molecule has 0 heterocycles. The third-order valence-electron chi connectivity index (χ3n) is 2.73. The summed E-state index contributed by atoms with van der Waals surface area (Å²) < 4.78 is 37.9. The fraction of sp³-hybridized carbons (Fsp3) is 0.538. The van der Waals surface area contributed by atoms with E-state index < -0.39 is 11.7 Å². The van der Waals surface area contributed by atoms with Crippen LogP contribution in [0, 0.1) is 6.92 Å². The Morgan fingerprint density at radius 2 is 1.95 bits per heavy atom. The highest BCUT2D eigenvalue weighted by Gasteiger charge is 2.30. The number of nitrogens with zero attached hydrogens (tertiary/aromatic N) is 1. The van der Waals surface area contributed by atoms with Gasteiger partial charge >= 0.3 is 6.18 Å². The van der Waals surface area contributed by atoms with Gasteiger partial charge in [0.1, 0.15) is 0 Å². The van der Waals surface area contributed by atoms with E-state index in [1.165, 1.54) is 6.07 Å². The first kappa shape index (κ1) is 15.8. The fourth-order valence-electron chi connectivity index (χ4n) is 1.56. The lowest BCUT2D eigenvalue weighted by molar-refractivity contribution is -0.137. The van der Waals surface area contributed by atoms with Gasteiger partial charge in [-0.05, 0) is 31.0 Å². The molecule has 0 spiro atoms. The number of rotatable bonds is 6. The molecule has 2 N–H and O–H groups in total. The molecular formula is C13H20F3N3. The molecule has 0 saturated heterocycles. The number of halogens is 3. The van der Waals surface area contributed by atoms with Crippen LogP contribution in [0.25, 0.3) is 0 Å². The number of alkyl halides is 3. The normalized spacial score (nSPS) is 11.9. The minimum atomic E-state index is -4.32. The summed E-state index contributed by atoms with van der Waals surface area (Å²) in [4.78, 5) is 0. The summed E-state index contributed by atoms with van der Waals surface area (Å²) in [5.41, 5.74) is 6.52. The fourth-order valence-corrected chi connectivity index (χ4v) is 1.56. The highest BCUT2D eigenvalue weighted by molar-refractivity contribution is 5.52. The van der Waals surface area contributed by atoms with Crippen molar-refractivity contribution in [2.24, 2.45) is 0 Å². The van der Waals surface area contributed by atoms with E-state index >= 15 is 0 Å². The highest BCUT2D eigenvalue weighted by atomic mass is 19.4. The Hall–Kier alpha value is -1.27. The maximum Gasteiger partial charge on any atom is 0.416 e. The second-order valence-electron chi connectivity index (χ2n) is 4.46. The molecule has 0 radical (unpaired) electrons. The maximum atomic E-state index is 12.6. The van der Waals surface area contributed by atoms with Crippen molar-refractivity contribution in [2.45, 2.75) is 32.9 Å². The van der Waals surface area contributed by atoms with E-state index in [1.807, 2.05) is 0 Å². The molecule has 0 aromatic heterocycles. The quantitative estimate of drug-likeness (QED) is 0.614. The summed E-state index contributed by atoms with van der Waals surface area (Å²) in [5.74, 6) is 0. The van der Waals surface area contributed by atoms with Crippen LogP contribution in [0.2, 0.25) is 0 Å². The summed E-state index contributed by atoms with van der Waals surface area (Å²) >= 11 is 0. The van der Waals surface area contributed by atoms with Gasteiger partial charge in [0.25, 0.3) is 0 Å². The molecule has 0 amide bonds. The molecule has 6 heteroatoms. The predicted octanol–water partition coefficient (Wildman–Crippen LogP) is 3.58. The summed E-state index contributed by atoms with van der Waals surface area (Å²) in [5, 5.41) is 1.58. The van der Waals surface area contributed by atoms with Crippen LogP contribution in [0.3, 0.4) is 0 Å². The topological polar surface area (TPSA) is 27.3 Å². The van der Waals surface area contributed by atoms with Crippen molar-refractivity contribution in [3.05, 3.63) is 29.3 Å². The second-order valence-corrected chi connectivity index (χ2v) is 4.46. The summed E-state index contributed by atoms with van der Waals surface area (Å²) in [6.45, 7) is 4.62. The number of hydrazine groups is 2. The summed E-state index contributed by atoms with van der Waals surface area (Å²) in [6, 6.07) is 3.67. The first-order valence-corrected chi connectivity index (χ1v) is 6.26. The maximum absolute atomic E-state index is 12.6. The molecule has 0 aliphatic heterocycles. The highest BCUT2D eigenvalue weighted by Crippen LogP contribution is 2.31. The number of nitrogens with one attached hydrogen (secondary N) is 2. The lowest BCUT2D eigenvalue weighted by Gasteiger charge is -2.22. The molecule has 0 saturated carbocycles. The summed E-state index contributed by atoms with van der Waals surface area (Å²) in [6.07, 6.45) is -2.25. The van der Waals surface area contributed by atoms with Crippen LogP contribution in [0.15, 0.2) is 18.2 Å². The van der Waals surface area contributed by atoms with Gasteiger partial charge in [-0.3, -0.25) is 0 Å². The molecule has 1 aromatic rings. The molecule has 0 aliphatic carbocycles. The zero-order valence-electron chi connectivity index (χ0n) is 11.4. The lowest BCUT2D eigenvalue weighted by Crippen LogP contribution is -2.39. The Morgan fingerprint density at radius 3 is 2.53 bits per heavy atom. The molecule has 3 nitrogen and oxygen atoms in total. The van der Waals surface area contributed by atoms with Crippen LogP contribution < -0.4 is 10.9 Å². The minimum absolute atomic E-state index is 0.446. The smallest absolute Gasteiger partial charge is 0.306 e. The largest absolute Gasteiger partial charge is 0.416 e. The van der Waals surface area contributed by atoms with E-state index in [4.69, 9.17) is 0 Å². The van der Waals surface area contributed by atoms with Gasteiger partial charge in [0.15, 0.2) is 0 Å². The number of hydrogen-bond donors (Lipinski definition) is 2. The number of hydrogen-bond acceptors (Lipinski definition) is 3. The molecule has 0 unspecified atom stereocenters. The predicted molar refractivity (Wildman–Crippen MR) is 70.5 cm³/mol. The van der Waals surface area contributed by atoms with Crippen molar-refractivity contribution in [3.8, 4) is 0 Å². The summed E-state index contributed by atoms with van der Waals surface area (Å²) in [7, 11) is 1.73. The number of anilines is 1. The Morgan fingerprint density at radius 1 is 1.26 bits per heavy atom. The van der Waals surface area contributed by atoms with E-state index in [-0.39, 0.29) is 0 Å². The Bertz CT molecular complexity index is 405. The van der Waals surface area contributed by atoms with Gasteiger partial charge in [-0.1, -0.05) is 19.4 Å². The molecule has 1 aromatic carbocycles. The van der Waals surface area contributed by atoms with Crippen molar-refractivity contribution >= 4 is 5.69 Å². The molecule has 0 aliphatic rings. The van der Waals surface area contributed by atoms with Gasteiger partial charge in [-0.15, -0.1) is 0 Å². The van der Waals surface area contributed by atoms with Gasteiger partial charge in [-0.25, -0.2) is 5.43 Å². The van der Waals surface area contributed by atoms with E-state index in [0.717, 1.165) is 37.1 Å². The van der Waals surface area contributed by atoms with Gasteiger partial charge in [0.05, 0.1) is 11.3 Å². The number of benzene rings is 1. The average molecular weight is 275 g/mol. The SMILES string of the molecule is CCCCNN(C)Nc1cc(C(F)(F)F)ccc1C. The molecule has 0 atom stereocenters. The van der Waals surface area contributed by atoms with E-state index in [2.05, 4.69) is 17.8 Å². The molecule has 0 bridgehead atoms. The Kier molecular flexibility index (Phi) is 5.62. The molecule has 1 rings (SSSR count). The zero-order chi connectivity index (χ0) is 14.5. The van der Waals surface area contributed by atoms with Gasteiger partial charge in [0, 0.05) is 13.6 Å². The van der Waals surface area contributed by atoms with Gasteiger partial charge in [0.2, 0.25) is 0 Å². The van der Waals surface area contributed by atoms with Crippen LogP contribution in [-0.4, -0.2) is 18.7 Å². The Labute approximate surface area is 111 Å². The molecule has 19 heavy (non-hydrogen) atoms. The average Bonchev–Trinajstić information content (AvgIpc) is 2.31. The molecular weight excluding hydrogens is 255 g/mol. The van der Waals surface area contributed by atoms with Crippen LogP contribution in [0.5, 0.6) is 0 Å². The standard InChI is InChI=1S/C13H20F3N3/c1-4-5-8-17-19(3)18-12-9-11(13(14,15)16)7-6-10(12)2/h6-7,9,17-18H,4-5,8H2,1-3H3. The van der Waals surface area contributed by atoms with Gasteiger partial charge in [-0.2, -0.15) is 18.3 Å². The number of aryl methyl sites for hydroxylation is 1. The van der Waals surface area contributed by atoms with Crippen molar-refractivity contribution in [3.63, 3.8) is 0 Å².